The SMILES string of the molecule is COC(=O)c1nnn(Cc2c(C)cccc2C)c1CCN. The average Bonchev–Trinajstić information content (AvgIpc) is 2.86. The van der Waals surface area contributed by atoms with Gasteiger partial charge in [0, 0.05) is 6.42 Å². The number of ether oxygens (including phenoxy) is 1. The van der Waals surface area contributed by atoms with Crippen LogP contribution in [0.5, 0.6) is 0 Å². The van der Waals surface area contributed by atoms with Crippen molar-refractivity contribution in [2.75, 3.05) is 13.7 Å². The van der Waals surface area contributed by atoms with Gasteiger partial charge >= 0.3 is 5.97 Å². The zero-order valence-corrected chi connectivity index (χ0v) is 12.6. The van der Waals surface area contributed by atoms with Crippen LogP contribution in [0.25, 0.3) is 0 Å². The molecule has 2 aromatic rings. The second kappa shape index (κ2) is 6.49. The number of methoxy groups -OCH3 is 1. The molecule has 0 saturated carbocycles. The van der Waals surface area contributed by atoms with Crippen molar-refractivity contribution in [2.45, 2.75) is 26.8 Å². The minimum Gasteiger partial charge on any atom is -0.464 e. The van der Waals surface area contributed by atoms with E-state index in [0.29, 0.717) is 25.2 Å². The minimum absolute atomic E-state index is 0.245. The van der Waals surface area contributed by atoms with Crippen LogP contribution >= 0.6 is 0 Å². The molecule has 21 heavy (non-hydrogen) atoms. The van der Waals surface area contributed by atoms with Gasteiger partial charge in [0.2, 0.25) is 0 Å². The van der Waals surface area contributed by atoms with Crippen LogP contribution in [-0.4, -0.2) is 34.6 Å². The Bertz CT molecular complexity index is 629. The lowest BCUT2D eigenvalue weighted by atomic mass is 10.0. The fraction of sp³-hybridized carbons (Fsp3) is 0.400. The molecule has 112 valence electrons. The topological polar surface area (TPSA) is 83.0 Å². The molecule has 0 bridgehead atoms. The van der Waals surface area contributed by atoms with Crippen LogP contribution in [0.15, 0.2) is 18.2 Å². The van der Waals surface area contributed by atoms with E-state index in [-0.39, 0.29) is 5.69 Å². The number of carbonyl (C=O) groups excluding carboxylic acids is 1. The van der Waals surface area contributed by atoms with Crippen LogP contribution in [0.2, 0.25) is 0 Å². The maximum atomic E-state index is 11.7. The molecule has 1 aromatic carbocycles. The van der Waals surface area contributed by atoms with Crippen molar-refractivity contribution >= 4 is 5.97 Å². The Hall–Kier alpha value is -2.21. The first kappa shape index (κ1) is 15.2. The Morgan fingerprint density at radius 1 is 1.33 bits per heavy atom. The standard InChI is InChI=1S/C15H20N4O2/c1-10-5-4-6-11(2)12(10)9-19-13(7-8-16)14(17-18-19)15(20)21-3/h4-6H,7-9,16H2,1-3H3. The summed E-state index contributed by atoms with van der Waals surface area (Å²) < 4.78 is 6.47. The smallest absolute Gasteiger partial charge is 0.360 e. The molecule has 6 nitrogen and oxygen atoms in total. The van der Waals surface area contributed by atoms with Crippen molar-refractivity contribution in [3.8, 4) is 0 Å². The second-order valence-corrected chi connectivity index (χ2v) is 4.94. The quantitative estimate of drug-likeness (QED) is 0.837. The number of nitrogens with zero attached hydrogens (tertiary/aromatic N) is 3. The number of carbonyl (C=O) groups is 1. The number of rotatable bonds is 5. The third-order valence-electron chi connectivity index (χ3n) is 3.55. The van der Waals surface area contributed by atoms with Gasteiger partial charge in [-0.25, -0.2) is 9.48 Å². The van der Waals surface area contributed by atoms with Crippen LogP contribution in [0.3, 0.4) is 0 Å². The van der Waals surface area contributed by atoms with E-state index in [1.54, 1.807) is 4.68 Å². The van der Waals surface area contributed by atoms with Gasteiger partial charge in [-0.15, -0.1) is 5.10 Å². The fourth-order valence-electron chi connectivity index (χ4n) is 2.35. The van der Waals surface area contributed by atoms with Crippen molar-refractivity contribution in [3.63, 3.8) is 0 Å². The maximum absolute atomic E-state index is 11.7. The number of benzene rings is 1. The molecular formula is C15H20N4O2. The minimum atomic E-state index is -0.480. The highest BCUT2D eigenvalue weighted by molar-refractivity contribution is 5.88. The van der Waals surface area contributed by atoms with Crippen LogP contribution in [0.1, 0.15) is 32.9 Å². The van der Waals surface area contributed by atoms with E-state index >= 15 is 0 Å². The maximum Gasteiger partial charge on any atom is 0.360 e. The molecule has 0 amide bonds. The first-order chi connectivity index (χ1) is 10.1. The van der Waals surface area contributed by atoms with Crippen molar-refractivity contribution in [2.24, 2.45) is 5.73 Å². The Labute approximate surface area is 123 Å². The normalized spacial score (nSPS) is 10.7. The van der Waals surface area contributed by atoms with Crippen molar-refractivity contribution in [3.05, 3.63) is 46.3 Å². The van der Waals surface area contributed by atoms with E-state index in [9.17, 15) is 4.79 Å². The van der Waals surface area contributed by atoms with Gasteiger partial charge in [0.05, 0.1) is 19.3 Å². The van der Waals surface area contributed by atoms with Gasteiger partial charge in [-0.05, 0) is 37.1 Å². The van der Waals surface area contributed by atoms with Crippen LogP contribution < -0.4 is 5.73 Å². The van der Waals surface area contributed by atoms with Crippen LogP contribution in [0.4, 0.5) is 0 Å². The number of aryl methyl sites for hydroxylation is 2. The summed E-state index contributed by atoms with van der Waals surface area (Å²) in [5.41, 5.74) is 10.1. The van der Waals surface area contributed by atoms with Crippen molar-refractivity contribution in [1.29, 1.82) is 0 Å². The molecule has 0 radical (unpaired) electrons. The third-order valence-corrected chi connectivity index (χ3v) is 3.55. The van der Waals surface area contributed by atoms with E-state index < -0.39 is 5.97 Å². The Morgan fingerprint density at radius 2 is 2.00 bits per heavy atom. The summed E-state index contributed by atoms with van der Waals surface area (Å²) in [5.74, 6) is -0.480. The summed E-state index contributed by atoms with van der Waals surface area (Å²) >= 11 is 0. The Morgan fingerprint density at radius 3 is 2.57 bits per heavy atom. The predicted octanol–water partition coefficient (Wildman–Crippen LogP) is 1.23. The van der Waals surface area contributed by atoms with Gasteiger partial charge in [0.25, 0.3) is 0 Å². The van der Waals surface area contributed by atoms with Crippen LogP contribution in [-0.2, 0) is 17.7 Å². The summed E-state index contributed by atoms with van der Waals surface area (Å²) in [6, 6.07) is 6.14. The lowest BCUT2D eigenvalue weighted by molar-refractivity contribution is 0.0592. The monoisotopic (exact) mass is 288 g/mol. The largest absolute Gasteiger partial charge is 0.464 e. The first-order valence-electron chi connectivity index (χ1n) is 6.84. The summed E-state index contributed by atoms with van der Waals surface area (Å²) in [5, 5.41) is 8.04. The summed E-state index contributed by atoms with van der Waals surface area (Å²) in [6.07, 6.45) is 0.530. The van der Waals surface area contributed by atoms with Crippen LogP contribution in [0, 0.1) is 13.8 Å². The van der Waals surface area contributed by atoms with E-state index in [4.69, 9.17) is 10.5 Å². The molecule has 0 saturated heterocycles. The molecule has 6 heteroatoms. The number of hydrogen-bond acceptors (Lipinski definition) is 5. The van der Waals surface area contributed by atoms with Gasteiger partial charge in [0.15, 0.2) is 5.69 Å². The number of nitrogens with two attached hydrogens (primary N) is 1. The van der Waals surface area contributed by atoms with Gasteiger partial charge in [-0.3, -0.25) is 0 Å². The Kier molecular flexibility index (Phi) is 4.70. The molecule has 1 heterocycles. The zero-order valence-electron chi connectivity index (χ0n) is 12.6. The number of esters is 1. The van der Waals surface area contributed by atoms with Gasteiger partial charge in [0.1, 0.15) is 0 Å². The van der Waals surface area contributed by atoms with Crippen molar-refractivity contribution in [1.82, 2.24) is 15.0 Å². The molecule has 0 unspecified atom stereocenters. The van der Waals surface area contributed by atoms with Gasteiger partial charge < -0.3 is 10.5 Å². The average molecular weight is 288 g/mol. The molecule has 0 fully saturated rings. The molecule has 0 spiro atoms. The molecule has 2 rings (SSSR count). The third kappa shape index (κ3) is 3.11. The molecular weight excluding hydrogens is 268 g/mol. The molecule has 1 aromatic heterocycles. The zero-order chi connectivity index (χ0) is 15.4. The summed E-state index contributed by atoms with van der Waals surface area (Å²) in [7, 11) is 1.33. The van der Waals surface area contributed by atoms with E-state index in [1.807, 2.05) is 6.07 Å². The highest BCUT2D eigenvalue weighted by Crippen LogP contribution is 2.17. The highest BCUT2D eigenvalue weighted by Gasteiger charge is 2.20. The molecule has 0 aliphatic rings. The molecule has 0 aliphatic heterocycles. The van der Waals surface area contributed by atoms with E-state index in [2.05, 4.69) is 36.3 Å². The van der Waals surface area contributed by atoms with Gasteiger partial charge in [-0.1, -0.05) is 23.4 Å². The molecule has 0 atom stereocenters. The lowest BCUT2D eigenvalue weighted by Gasteiger charge is -2.11. The van der Waals surface area contributed by atoms with E-state index in [0.717, 1.165) is 0 Å². The number of hydrogen-bond donors (Lipinski definition) is 1. The van der Waals surface area contributed by atoms with Crippen molar-refractivity contribution < 1.29 is 9.53 Å². The second-order valence-electron chi connectivity index (χ2n) is 4.94. The summed E-state index contributed by atoms with van der Waals surface area (Å²) in [6.45, 7) is 5.11. The van der Waals surface area contributed by atoms with E-state index in [1.165, 1.54) is 23.8 Å². The Balaban J connectivity index is 2.40. The predicted molar refractivity (Wildman–Crippen MR) is 79.1 cm³/mol. The molecule has 0 aliphatic carbocycles. The van der Waals surface area contributed by atoms with Gasteiger partial charge in [-0.2, -0.15) is 0 Å². The number of aromatic nitrogens is 3. The summed E-state index contributed by atoms with van der Waals surface area (Å²) in [4.78, 5) is 11.7. The fourth-order valence-corrected chi connectivity index (χ4v) is 2.35. The lowest BCUT2D eigenvalue weighted by Crippen LogP contribution is -2.15. The highest BCUT2D eigenvalue weighted by atomic mass is 16.5. The first-order valence-corrected chi connectivity index (χ1v) is 6.84. The molecule has 2 N–H and O–H groups in total.